The van der Waals surface area contributed by atoms with E-state index in [1.54, 1.807) is 0 Å². The molecular weight excluding hydrogens is 224 g/mol. The normalized spacial score (nSPS) is 26.2. The predicted octanol–water partition coefficient (Wildman–Crippen LogP) is 3.77. The lowest BCUT2D eigenvalue weighted by molar-refractivity contribution is -0.0707. The van der Waals surface area contributed by atoms with Gasteiger partial charge in [-0.3, -0.25) is 0 Å². The molecular formula is C16H30O2. The number of hydrogen-bond donors (Lipinski definition) is 1. The number of hydrogen-bond acceptors (Lipinski definition) is 2. The van der Waals surface area contributed by atoms with Gasteiger partial charge >= 0.3 is 0 Å². The van der Waals surface area contributed by atoms with Gasteiger partial charge < -0.3 is 9.84 Å². The predicted molar refractivity (Wildman–Crippen MR) is 74.5 cm³/mol. The number of ether oxygens (including phenoxy) is 1. The van der Waals surface area contributed by atoms with Crippen LogP contribution in [0.25, 0.3) is 0 Å². The van der Waals surface area contributed by atoms with Crippen molar-refractivity contribution in [3.05, 3.63) is 0 Å². The Hall–Kier alpha value is -0.0800. The van der Waals surface area contributed by atoms with Gasteiger partial charge in [-0.1, -0.05) is 39.0 Å². The molecule has 2 nitrogen and oxygen atoms in total. The topological polar surface area (TPSA) is 29.5 Å². The second kappa shape index (κ2) is 6.91. The van der Waals surface area contributed by atoms with Crippen LogP contribution in [0.3, 0.4) is 0 Å². The number of aliphatic hydroxyl groups excluding tert-OH is 1. The Morgan fingerprint density at radius 2 is 1.78 bits per heavy atom. The quantitative estimate of drug-likeness (QED) is 0.714. The molecule has 0 aliphatic heterocycles. The van der Waals surface area contributed by atoms with E-state index < -0.39 is 0 Å². The average Bonchev–Trinajstić information content (AvgIpc) is 3.03. The van der Waals surface area contributed by atoms with Crippen LogP contribution in [-0.2, 0) is 4.74 Å². The van der Waals surface area contributed by atoms with E-state index >= 15 is 0 Å². The third-order valence-corrected chi connectivity index (χ3v) is 4.80. The summed E-state index contributed by atoms with van der Waals surface area (Å²) in [5.41, 5.74) is 0. The molecule has 2 aliphatic rings. The van der Waals surface area contributed by atoms with Crippen LogP contribution in [0.2, 0.25) is 0 Å². The van der Waals surface area contributed by atoms with Gasteiger partial charge in [0.25, 0.3) is 0 Å². The highest BCUT2D eigenvalue weighted by molar-refractivity contribution is 4.81. The second-order valence-electron chi connectivity index (χ2n) is 6.54. The third kappa shape index (κ3) is 4.24. The maximum absolute atomic E-state index is 10.00. The number of rotatable bonds is 8. The maximum atomic E-state index is 10.00. The molecule has 0 aromatic carbocycles. The van der Waals surface area contributed by atoms with Gasteiger partial charge in [-0.05, 0) is 43.9 Å². The lowest BCUT2D eigenvalue weighted by Crippen LogP contribution is -2.35. The minimum absolute atomic E-state index is 0.0659. The largest absolute Gasteiger partial charge is 0.391 e. The van der Waals surface area contributed by atoms with Crippen LogP contribution in [0, 0.1) is 17.8 Å². The van der Waals surface area contributed by atoms with Crippen LogP contribution >= 0.6 is 0 Å². The lowest BCUT2D eigenvalue weighted by Gasteiger charge is -2.30. The maximum Gasteiger partial charge on any atom is 0.0859 e. The molecule has 18 heavy (non-hydrogen) atoms. The van der Waals surface area contributed by atoms with E-state index in [1.807, 2.05) is 6.92 Å². The Kier molecular flexibility index (Phi) is 5.50. The van der Waals surface area contributed by atoms with Gasteiger partial charge in [0, 0.05) is 6.61 Å². The molecule has 0 amide bonds. The minimum Gasteiger partial charge on any atom is -0.391 e. The molecule has 2 saturated carbocycles. The molecule has 2 heteroatoms. The van der Waals surface area contributed by atoms with Crippen molar-refractivity contribution in [2.24, 2.45) is 17.8 Å². The van der Waals surface area contributed by atoms with Crippen molar-refractivity contribution >= 4 is 0 Å². The first-order valence-corrected chi connectivity index (χ1v) is 8.00. The van der Waals surface area contributed by atoms with Gasteiger partial charge in [-0.2, -0.15) is 0 Å². The van der Waals surface area contributed by atoms with Crippen LogP contribution in [0.5, 0.6) is 0 Å². The van der Waals surface area contributed by atoms with Gasteiger partial charge in [0.1, 0.15) is 0 Å². The van der Waals surface area contributed by atoms with E-state index in [0.717, 1.165) is 24.9 Å². The fraction of sp³-hybridized carbons (Fsp3) is 1.00. The summed E-state index contributed by atoms with van der Waals surface area (Å²) in [5, 5.41) is 10.00. The second-order valence-corrected chi connectivity index (χ2v) is 6.54. The Morgan fingerprint density at radius 3 is 2.28 bits per heavy atom. The highest BCUT2D eigenvalue weighted by Gasteiger charge is 2.31. The van der Waals surface area contributed by atoms with Gasteiger partial charge in [-0.25, -0.2) is 0 Å². The van der Waals surface area contributed by atoms with Gasteiger partial charge in [0.2, 0.25) is 0 Å². The van der Waals surface area contributed by atoms with Crippen LogP contribution < -0.4 is 0 Å². The monoisotopic (exact) mass is 254 g/mol. The summed E-state index contributed by atoms with van der Waals surface area (Å²) in [4.78, 5) is 0. The van der Waals surface area contributed by atoms with Crippen molar-refractivity contribution in [2.75, 3.05) is 6.61 Å². The first-order valence-electron chi connectivity index (χ1n) is 8.00. The Balaban J connectivity index is 1.82. The van der Waals surface area contributed by atoms with Crippen molar-refractivity contribution in [3.63, 3.8) is 0 Å². The zero-order valence-corrected chi connectivity index (χ0v) is 12.1. The Bertz CT molecular complexity index is 229. The molecule has 0 aromatic rings. The molecule has 3 atom stereocenters. The molecule has 0 radical (unpaired) electrons. The smallest absolute Gasteiger partial charge is 0.0859 e. The minimum atomic E-state index is -0.324. The van der Waals surface area contributed by atoms with Gasteiger partial charge in [0.05, 0.1) is 12.2 Å². The van der Waals surface area contributed by atoms with Crippen molar-refractivity contribution in [1.29, 1.82) is 0 Å². The summed E-state index contributed by atoms with van der Waals surface area (Å²) in [7, 11) is 0. The molecule has 106 valence electrons. The van der Waals surface area contributed by atoms with Gasteiger partial charge in [-0.15, -0.1) is 0 Å². The first kappa shape index (κ1) is 14.3. The van der Waals surface area contributed by atoms with E-state index in [9.17, 15) is 5.11 Å². The standard InChI is InChI=1S/C16H30O2/c1-3-15(10-13-6-4-5-7-13)16(12(2)17)18-11-14-8-9-14/h12-17H,3-11H2,1-2H3/t12-,15?,16-/m0/s1. The summed E-state index contributed by atoms with van der Waals surface area (Å²) in [6.07, 6.45) is 10.4. The first-order chi connectivity index (χ1) is 8.70. The molecule has 1 N–H and O–H groups in total. The van der Waals surface area contributed by atoms with Crippen LogP contribution in [-0.4, -0.2) is 23.9 Å². The Morgan fingerprint density at radius 1 is 1.11 bits per heavy atom. The SMILES string of the molecule is CCC(CC1CCCC1)[C@@H](OCC1CC1)[C@H](C)O. The molecule has 0 saturated heterocycles. The molecule has 2 rings (SSSR count). The van der Waals surface area contributed by atoms with E-state index in [-0.39, 0.29) is 12.2 Å². The summed E-state index contributed by atoms with van der Waals surface area (Å²) in [6.45, 7) is 5.01. The van der Waals surface area contributed by atoms with Crippen molar-refractivity contribution in [3.8, 4) is 0 Å². The summed E-state index contributed by atoms with van der Waals surface area (Å²) in [6, 6.07) is 0. The fourth-order valence-electron chi connectivity index (χ4n) is 3.41. The van der Waals surface area contributed by atoms with Crippen LogP contribution in [0.15, 0.2) is 0 Å². The summed E-state index contributed by atoms with van der Waals surface area (Å²) < 4.78 is 6.04. The highest BCUT2D eigenvalue weighted by atomic mass is 16.5. The van der Waals surface area contributed by atoms with Crippen LogP contribution in [0.1, 0.15) is 65.2 Å². The van der Waals surface area contributed by atoms with Crippen molar-refractivity contribution in [2.45, 2.75) is 77.4 Å². The molecule has 0 aromatic heterocycles. The average molecular weight is 254 g/mol. The molecule has 2 fully saturated rings. The summed E-state index contributed by atoms with van der Waals surface area (Å²) in [5.74, 6) is 2.22. The van der Waals surface area contributed by atoms with Gasteiger partial charge in [0.15, 0.2) is 0 Å². The van der Waals surface area contributed by atoms with E-state index in [4.69, 9.17) is 4.74 Å². The van der Waals surface area contributed by atoms with E-state index in [2.05, 4.69) is 6.92 Å². The zero-order valence-electron chi connectivity index (χ0n) is 12.1. The highest BCUT2D eigenvalue weighted by Crippen LogP contribution is 2.35. The zero-order chi connectivity index (χ0) is 13.0. The number of aliphatic hydroxyl groups is 1. The fourth-order valence-corrected chi connectivity index (χ4v) is 3.41. The Labute approximate surface area is 112 Å². The third-order valence-electron chi connectivity index (χ3n) is 4.80. The molecule has 1 unspecified atom stereocenters. The van der Waals surface area contributed by atoms with Crippen molar-refractivity contribution in [1.82, 2.24) is 0 Å². The molecule has 0 heterocycles. The molecule has 0 bridgehead atoms. The van der Waals surface area contributed by atoms with Crippen molar-refractivity contribution < 1.29 is 9.84 Å². The molecule has 0 spiro atoms. The molecule has 2 aliphatic carbocycles. The van der Waals surface area contributed by atoms with E-state index in [1.165, 1.54) is 44.9 Å². The van der Waals surface area contributed by atoms with Crippen LogP contribution in [0.4, 0.5) is 0 Å². The summed E-state index contributed by atoms with van der Waals surface area (Å²) >= 11 is 0. The van der Waals surface area contributed by atoms with E-state index in [0.29, 0.717) is 5.92 Å². The lowest BCUT2D eigenvalue weighted by atomic mass is 9.85.